The van der Waals surface area contributed by atoms with Gasteiger partial charge in [-0.25, -0.2) is 14.8 Å². The Kier molecular flexibility index (Phi) is 8.38. The molecule has 1 aromatic heterocycles. The van der Waals surface area contributed by atoms with Crippen LogP contribution in [0, 0.1) is 0 Å². The number of amides is 2. The first-order chi connectivity index (χ1) is 18.8. The van der Waals surface area contributed by atoms with Crippen molar-refractivity contribution in [2.24, 2.45) is 5.73 Å². The Labute approximate surface area is 236 Å². The van der Waals surface area contributed by atoms with Crippen LogP contribution < -0.4 is 21.3 Å². The van der Waals surface area contributed by atoms with Gasteiger partial charge < -0.3 is 36.2 Å². The van der Waals surface area contributed by atoms with E-state index in [2.05, 4.69) is 70.4 Å². The number of hydrogen-bond donors (Lipinski definition) is 4. The van der Waals surface area contributed by atoms with E-state index in [-0.39, 0.29) is 17.6 Å². The molecule has 210 valence electrons. The third kappa shape index (κ3) is 6.53. The smallest absolute Gasteiger partial charge is 0.407 e. The Bertz CT molecular complexity index is 1180. The second-order valence-corrected chi connectivity index (χ2v) is 11.3. The lowest BCUT2D eigenvalue weighted by molar-refractivity contribution is 0.0982. The topological polar surface area (TPSA) is 143 Å². The highest BCUT2D eigenvalue weighted by atomic mass is 79.9. The van der Waals surface area contributed by atoms with Crippen LogP contribution in [0.1, 0.15) is 29.8 Å². The van der Waals surface area contributed by atoms with E-state index in [1.54, 1.807) is 0 Å². The van der Waals surface area contributed by atoms with Crippen LogP contribution in [0.25, 0.3) is 0 Å². The van der Waals surface area contributed by atoms with Gasteiger partial charge in [0.2, 0.25) is 0 Å². The summed E-state index contributed by atoms with van der Waals surface area (Å²) in [6.07, 6.45) is 2.04. The summed E-state index contributed by atoms with van der Waals surface area (Å²) in [4.78, 5) is 41.1. The molecule has 0 unspecified atom stereocenters. The first kappa shape index (κ1) is 27.4. The van der Waals surface area contributed by atoms with Crippen molar-refractivity contribution in [1.29, 1.82) is 0 Å². The van der Waals surface area contributed by atoms with Crippen molar-refractivity contribution in [2.45, 2.75) is 31.3 Å². The molecular formula is C26H36BrN9O3. The summed E-state index contributed by atoms with van der Waals surface area (Å²) >= 11 is 3.36. The fourth-order valence-electron chi connectivity index (χ4n) is 5.58. The molecule has 1 aromatic carbocycles. The fraction of sp³-hybridized carbons (Fsp3) is 0.538. The van der Waals surface area contributed by atoms with Crippen molar-refractivity contribution in [3.63, 3.8) is 0 Å². The number of likely N-dealkylation sites (N-methyl/N-ethyl adjacent to an activating group) is 1. The molecule has 39 heavy (non-hydrogen) atoms. The Morgan fingerprint density at radius 1 is 0.974 bits per heavy atom. The normalized spacial score (nSPS) is 21.2. The van der Waals surface area contributed by atoms with Crippen LogP contribution in [0.4, 0.5) is 27.8 Å². The quantitative estimate of drug-likeness (QED) is 0.373. The summed E-state index contributed by atoms with van der Waals surface area (Å²) in [7, 11) is 2.19. The summed E-state index contributed by atoms with van der Waals surface area (Å²) in [5.74, 6) is -0.0448. The van der Waals surface area contributed by atoms with Crippen molar-refractivity contribution in [1.82, 2.24) is 24.7 Å². The number of carbonyl (C=O) groups is 2. The molecule has 5 rings (SSSR count). The molecule has 0 radical (unpaired) electrons. The maximum absolute atomic E-state index is 12.1. The lowest BCUT2D eigenvalue weighted by Crippen LogP contribution is -2.52. The molecule has 5 N–H and O–H groups in total. The molecule has 13 heteroatoms. The zero-order valence-electron chi connectivity index (χ0n) is 22.1. The van der Waals surface area contributed by atoms with Gasteiger partial charge in [0.15, 0.2) is 17.3 Å². The van der Waals surface area contributed by atoms with E-state index in [9.17, 15) is 14.7 Å². The van der Waals surface area contributed by atoms with Gasteiger partial charge in [0.05, 0.1) is 0 Å². The molecule has 0 bridgehead atoms. The Morgan fingerprint density at radius 2 is 1.67 bits per heavy atom. The van der Waals surface area contributed by atoms with Crippen molar-refractivity contribution in [3.05, 3.63) is 34.6 Å². The van der Waals surface area contributed by atoms with Crippen molar-refractivity contribution in [3.8, 4) is 0 Å². The number of nitrogens with one attached hydrogen (secondary N) is 2. The predicted octanol–water partition coefficient (Wildman–Crippen LogP) is 2.46. The summed E-state index contributed by atoms with van der Waals surface area (Å²) < 4.78 is 0.339. The van der Waals surface area contributed by atoms with Gasteiger partial charge in [0.25, 0.3) is 5.91 Å². The summed E-state index contributed by atoms with van der Waals surface area (Å²) in [6, 6.07) is 8.63. The number of nitrogens with two attached hydrogens (primary N) is 1. The molecule has 3 aliphatic heterocycles. The molecule has 0 aliphatic carbocycles. The minimum atomic E-state index is -0.946. The first-order valence-electron chi connectivity index (χ1n) is 13.4. The third-order valence-corrected chi connectivity index (χ3v) is 8.45. The predicted molar refractivity (Wildman–Crippen MR) is 154 cm³/mol. The number of piperidine rings is 1. The number of piperazine rings is 1. The van der Waals surface area contributed by atoms with E-state index in [0.717, 1.165) is 45.0 Å². The van der Waals surface area contributed by atoms with Crippen LogP contribution in [0.3, 0.4) is 0 Å². The fourth-order valence-corrected chi connectivity index (χ4v) is 5.96. The number of halogens is 1. The third-order valence-electron chi connectivity index (χ3n) is 7.90. The number of carboxylic acid groups (broad SMARTS) is 1. The average Bonchev–Trinajstić information content (AvgIpc) is 3.40. The molecular weight excluding hydrogens is 566 g/mol. The molecule has 3 saturated heterocycles. The second kappa shape index (κ2) is 11.9. The van der Waals surface area contributed by atoms with Gasteiger partial charge in [-0.3, -0.25) is 9.69 Å². The van der Waals surface area contributed by atoms with Crippen LogP contribution in [0.2, 0.25) is 0 Å². The summed E-state index contributed by atoms with van der Waals surface area (Å²) in [5, 5.41) is 15.7. The van der Waals surface area contributed by atoms with E-state index in [1.807, 2.05) is 12.1 Å². The first-order valence-corrected chi connectivity index (χ1v) is 14.2. The number of rotatable bonds is 7. The second-order valence-electron chi connectivity index (χ2n) is 10.5. The number of carbonyl (C=O) groups excluding carboxylic acids is 1. The highest BCUT2D eigenvalue weighted by molar-refractivity contribution is 9.10. The van der Waals surface area contributed by atoms with Crippen LogP contribution in [0.15, 0.2) is 28.9 Å². The number of hydrogen-bond acceptors (Lipinski definition) is 9. The minimum absolute atomic E-state index is 0.0149. The molecule has 12 nitrogen and oxygen atoms in total. The maximum atomic E-state index is 12.1. The maximum Gasteiger partial charge on any atom is 0.407 e. The SMILES string of the molecule is CN1CCN(C2CCN(c3ccc(Nc4nc(N[C@@H]5CCN(C(=O)O)C5)c(Br)nc4C(N)=O)cc3)CC2)CC1. The summed E-state index contributed by atoms with van der Waals surface area (Å²) in [5.41, 5.74) is 7.53. The number of benzene rings is 1. The van der Waals surface area contributed by atoms with E-state index in [1.165, 1.54) is 23.4 Å². The van der Waals surface area contributed by atoms with Gasteiger partial charge in [-0.2, -0.15) is 0 Å². The van der Waals surface area contributed by atoms with Crippen LogP contribution >= 0.6 is 15.9 Å². The van der Waals surface area contributed by atoms with Gasteiger partial charge >= 0.3 is 6.09 Å². The van der Waals surface area contributed by atoms with Crippen LogP contribution in [0.5, 0.6) is 0 Å². The monoisotopic (exact) mass is 601 g/mol. The van der Waals surface area contributed by atoms with Crippen LogP contribution in [-0.2, 0) is 0 Å². The van der Waals surface area contributed by atoms with Gasteiger partial charge in [0.1, 0.15) is 4.60 Å². The van der Waals surface area contributed by atoms with E-state index in [0.29, 0.717) is 36.0 Å². The lowest BCUT2D eigenvalue weighted by Gasteiger charge is -2.42. The lowest BCUT2D eigenvalue weighted by atomic mass is 10.0. The molecule has 3 aliphatic rings. The average molecular weight is 603 g/mol. The molecule has 1 atom stereocenters. The Morgan fingerprint density at radius 3 is 2.28 bits per heavy atom. The van der Waals surface area contributed by atoms with Gasteiger partial charge in [0, 0.05) is 75.8 Å². The standard InChI is InChI=1S/C26H36BrN9O3/c1-33-12-14-35(15-13-33)20-7-10-34(11-8-20)19-4-2-17(3-5-19)29-24-21(23(28)37)31-22(27)25(32-24)30-18-6-9-36(16-18)26(38)39/h2-5,18,20H,6-16H2,1H3,(H2,28,37)(H,38,39)(H2,29,30,32)/t18-/m1/s1. The molecule has 0 spiro atoms. The number of likely N-dealkylation sites (tertiary alicyclic amines) is 1. The zero-order valence-corrected chi connectivity index (χ0v) is 23.7. The summed E-state index contributed by atoms with van der Waals surface area (Å²) in [6.45, 7) is 7.47. The van der Waals surface area contributed by atoms with Crippen molar-refractivity contribution >= 4 is 50.9 Å². The molecule has 2 aromatic rings. The molecule has 0 saturated carbocycles. The highest BCUT2D eigenvalue weighted by Gasteiger charge is 2.28. The Balaban J connectivity index is 1.22. The molecule has 3 fully saturated rings. The van der Waals surface area contributed by atoms with Gasteiger partial charge in [-0.1, -0.05) is 0 Å². The van der Waals surface area contributed by atoms with Crippen molar-refractivity contribution < 1.29 is 14.7 Å². The van der Waals surface area contributed by atoms with Crippen LogP contribution in [-0.4, -0.2) is 113 Å². The van der Waals surface area contributed by atoms with Gasteiger partial charge in [-0.05, 0) is 66.5 Å². The van der Waals surface area contributed by atoms with E-state index >= 15 is 0 Å². The zero-order chi connectivity index (χ0) is 27.5. The molecule has 2 amide bonds. The minimum Gasteiger partial charge on any atom is -0.465 e. The number of aromatic nitrogens is 2. The van der Waals surface area contributed by atoms with E-state index in [4.69, 9.17) is 5.73 Å². The number of anilines is 4. The Hall–Kier alpha value is -3.16. The largest absolute Gasteiger partial charge is 0.465 e. The van der Waals surface area contributed by atoms with E-state index < -0.39 is 12.0 Å². The number of primary amides is 1. The van der Waals surface area contributed by atoms with Gasteiger partial charge in [-0.15, -0.1) is 0 Å². The highest BCUT2D eigenvalue weighted by Crippen LogP contribution is 2.29. The molecule has 4 heterocycles. The number of nitrogens with zero attached hydrogens (tertiary/aromatic N) is 6. The van der Waals surface area contributed by atoms with Crippen molar-refractivity contribution in [2.75, 3.05) is 74.9 Å².